The van der Waals surface area contributed by atoms with Crippen LogP contribution in [0.2, 0.25) is 0 Å². The second kappa shape index (κ2) is 5.41. The van der Waals surface area contributed by atoms with E-state index in [1.165, 1.54) is 7.11 Å². The van der Waals surface area contributed by atoms with Crippen LogP contribution >= 0.6 is 0 Å². The van der Waals surface area contributed by atoms with E-state index in [4.69, 9.17) is 9.47 Å². The molecule has 0 unspecified atom stereocenters. The summed E-state index contributed by atoms with van der Waals surface area (Å²) in [5.41, 5.74) is -1.06. The van der Waals surface area contributed by atoms with Gasteiger partial charge in [-0.3, -0.25) is 4.79 Å². The summed E-state index contributed by atoms with van der Waals surface area (Å²) in [7, 11) is 1.35. The van der Waals surface area contributed by atoms with E-state index in [-0.39, 0.29) is 23.5 Å². The molecule has 2 saturated carbocycles. The van der Waals surface area contributed by atoms with E-state index in [1.54, 1.807) is 0 Å². The van der Waals surface area contributed by atoms with Crippen LogP contribution in [0.5, 0.6) is 0 Å². The number of hydrogen-bond donors (Lipinski definition) is 1. The van der Waals surface area contributed by atoms with Gasteiger partial charge in [-0.15, -0.1) is 0 Å². The average Bonchev–Trinajstić information content (AvgIpc) is 2.72. The first-order valence-electron chi connectivity index (χ1n) is 9.87. The Labute approximate surface area is 155 Å². The van der Waals surface area contributed by atoms with Crippen molar-refractivity contribution in [3.05, 3.63) is 11.6 Å². The van der Waals surface area contributed by atoms with Crippen molar-refractivity contribution in [3.8, 4) is 0 Å². The highest BCUT2D eigenvalue weighted by Crippen LogP contribution is 2.71. The standard InChI is InChI=1S/C21H30O5/c1-11(2)13-10-21(24)19(4)15-7-6-12(3)8-20(15,26-21)9-14(18(23)25-5)16(19)17(13)22/h9,11-13,15-16,24H,6-8,10H2,1-5H3/t12-,13-,15-,16-,19-,20-,21-/m1/s1. The molecule has 1 saturated heterocycles. The molecule has 0 aromatic heterocycles. The van der Waals surface area contributed by atoms with E-state index in [0.717, 1.165) is 19.3 Å². The van der Waals surface area contributed by atoms with E-state index in [2.05, 4.69) is 6.92 Å². The molecule has 4 rings (SSSR count). The summed E-state index contributed by atoms with van der Waals surface area (Å²) in [4.78, 5) is 26.1. The van der Waals surface area contributed by atoms with Gasteiger partial charge in [0.1, 0.15) is 5.78 Å². The fourth-order valence-electron chi connectivity index (χ4n) is 6.57. The van der Waals surface area contributed by atoms with Gasteiger partial charge in [-0.25, -0.2) is 4.79 Å². The Balaban J connectivity index is 1.95. The van der Waals surface area contributed by atoms with Gasteiger partial charge in [-0.05, 0) is 30.8 Å². The molecular weight excluding hydrogens is 332 g/mol. The van der Waals surface area contributed by atoms with Crippen LogP contribution in [0.3, 0.4) is 0 Å². The van der Waals surface area contributed by atoms with Crippen molar-refractivity contribution in [1.29, 1.82) is 0 Å². The molecule has 1 aliphatic heterocycles. The summed E-state index contributed by atoms with van der Waals surface area (Å²) in [5.74, 6) is -2.20. The van der Waals surface area contributed by atoms with Crippen molar-refractivity contribution in [2.75, 3.05) is 7.11 Å². The highest BCUT2D eigenvalue weighted by molar-refractivity contribution is 6.00. The van der Waals surface area contributed by atoms with Gasteiger partial charge in [0.15, 0.2) is 5.79 Å². The molecule has 1 N–H and O–H groups in total. The molecule has 144 valence electrons. The number of carbonyl (C=O) groups is 2. The number of carbonyl (C=O) groups excluding carboxylic acids is 2. The third-order valence-corrected chi connectivity index (χ3v) is 7.81. The first kappa shape index (κ1) is 18.2. The lowest BCUT2D eigenvalue weighted by molar-refractivity contribution is -0.272. The average molecular weight is 362 g/mol. The molecule has 0 aromatic rings. The Morgan fingerprint density at radius 2 is 2.04 bits per heavy atom. The Kier molecular flexibility index (Phi) is 3.79. The molecule has 4 aliphatic rings. The first-order valence-corrected chi connectivity index (χ1v) is 9.87. The van der Waals surface area contributed by atoms with Gasteiger partial charge in [-0.2, -0.15) is 0 Å². The predicted molar refractivity (Wildman–Crippen MR) is 94.9 cm³/mol. The Morgan fingerprint density at radius 3 is 2.65 bits per heavy atom. The molecule has 5 nitrogen and oxygen atoms in total. The molecule has 26 heavy (non-hydrogen) atoms. The lowest BCUT2D eigenvalue weighted by Gasteiger charge is -2.54. The number of Topliss-reactive ketones (excluding diaryl/α,β-unsaturated/α-hetero) is 1. The zero-order valence-corrected chi connectivity index (χ0v) is 16.4. The normalized spacial score (nSPS) is 49.7. The van der Waals surface area contributed by atoms with Gasteiger partial charge in [0, 0.05) is 29.2 Å². The summed E-state index contributed by atoms with van der Waals surface area (Å²) < 4.78 is 11.5. The number of aliphatic hydroxyl groups is 1. The molecule has 1 heterocycles. The monoisotopic (exact) mass is 362 g/mol. The summed E-state index contributed by atoms with van der Waals surface area (Å²) in [6.07, 6.45) is 4.89. The van der Waals surface area contributed by atoms with E-state index < -0.39 is 28.7 Å². The largest absolute Gasteiger partial charge is 0.466 e. The summed E-state index contributed by atoms with van der Waals surface area (Å²) in [6, 6.07) is 0. The third kappa shape index (κ3) is 1.99. The quantitative estimate of drug-likeness (QED) is 0.765. The number of hydrogen-bond acceptors (Lipinski definition) is 5. The van der Waals surface area contributed by atoms with Crippen LogP contribution in [-0.4, -0.2) is 35.4 Å². The number of rotatable bonds is 2. The maximum absolute atomic E-state index is 13.5. The topological polar surface area (TPSA) is 72.8 Å². The first-order chi connectivity index (χ1) is 12.1. The second-order valence-corrected chi connectivity index (χ2v) is 9.54. The lowest BCUT2D eigenvalue weighted by Crippen LogP contribution is -2.62. The zero-order chi connectivity index (χ0) is 19.1. The number of esters is 1. The van der Waals surface area contributed by atoms with Gasteiger partial charge >= 0.3 is 5.97 Å². The summed E-state index contributed by atoms with van der Waals surface area (Å²) in [5, 5.41) is 11.7. The van der Waals surface area contributed by atoms with Gasteiger partial charge in [0.2, 0.25) is 0 Å². The summed E-state index contributed by atoms with van der Waals surface area (Å²) >= 11 is 0. The van der Waals surface area contributed by atoms with Crippen LogP contribution < -0.4 is 0 Å². The van der Waals surface area contributed by atoms with Crippen LogP contribution in [0.1, 0.15) is 53.4 Å². The zero-order valence-electron chi connectivity index (χ0n) is 16.4. The summed E-state index contributed by atoms with van der Waals surface area (Å²) in [6.45, 7) is 8.13. The number of methoxy groups -OCH3 is 1. The molecule has 3 fully saturated rings. The Bertz CT molecular complexity index is 697. The van der Waals surface area contributed by atoms with Crippen LogP contribution in [0, 0.1) is 35.0 Å². The van der Waals surface area contributed by atoms with Gasteiger partial charge in [0.25, 0.3) is 0 Å². The van der Waals surface area contributed by atoms with E-state index in [9.17, 15) is 14.7 Å². The minimum Gasteiger partial charge on any atom is -0.466 e. The number of ketones is 1. The van der Waals surface area contributed by atoms with Gasteiger partial charge < -0.3 is 14.6 Å². The van der Waals surface area contributed by atoms with Crippen molar-refractivity contribution >= 4 is 11.8 Å². The second-order valence-electron chi connectivity index (χ2n) is 9.54. The molecule has 7 atom stereocenters. The molecule has 3 aliphatic carbocycles. The third-order valence-electron chi connectivity index (χ3n) is 7.81. The Morgan fingerprint density at radius 1 is 1.35 bits per heavy atom. The van der Waals surface area contributed by atoms with Crippen molar-refractivity contribution in [1.82, 2.24) is 0 Å². The molecule has 0 amide bonds. The Hall–Kier alpha value is -1.20. The molecule has 5 heteroatoms. The van der Waals surface area contributed by atoms with Gasteiger partial charge in [-0.1, -0.05) is 34.1 Å². The molecule has 2 bridgehead atoms. The van der Waals surface area contributed by atoms with Crippen LogP contribution in [-0.2, 0) is 19.1 Å². The van der Waals surface area contributed by atoms with Gasteiger partial charge in [0.05, 0.1) is 18.6 Å². The van der Waals surface area contributed by atoms with Crippen molar-refractivity contribution in [3.63, 3.8) is 0 Å². The van der Waals surface area contributed by atoms with Crippen molar-refractivity contribution in [2.24, 2.45) is 35.0 Å². The maximum Gasteiger partial charge on any atom is 0.334 e. The van der Waals surface area contributed by atoms with E-state index in [1.807, 2.05) is 26.8 Å². The van der Waals surface area contributed by atoms with Crippen LogP contribution in [0.15, 0.2) is 11.6 Å². The molecule has 0 spiro atoms. The SMILES string of the molecule is COC(=O)C1=C[C@]23C[C@H](C)CC[C@@H]2[C@]2(C)[C@H]1C(=O)[C@@H](C(C)C)C[C@@]2(O)O3. The maximum atomic E-state index is 13.5. The van der Waals surface area contributed by atoms with E-state index in [0.29, 0.717) is 17.9 Å². The van der Waals surface area contributed by atoms with Crippen LogP contribution in [0.4, 0.5) is 0 Å². The lowest BCUT2D eigenvalue weighted by atomic mass is 9.46. The van der Waals surface area contributed by atoms with Crippen LogP contribution in [0.25, 0.3) is 0 Å². The fourth-order valence-corrected chi connectivity index (χ4v) is 6.57. The minimum absolute atomic E-state index is 0.0478. The number of ether oxygens (including phenoxy) is 2. The highest BCUT2D eigenvalue weighted by Gasteiger charge is 2.77. The fraction of sp³-hybridized carbons (Fsp3) is 0.810. The van der Waals surface area contributed by atoms with Crippen molar-refractivity contribution in [2.45, 2.75) is 64.8 Å². The highest BCUT2D eigenvalue weighted by atomic mass is 16.7. The smallest absolute Gasteiger partial charge is 0.334 e. The molecule has 0 radical (unpaired) electrons. The van der Waals surface area contributed by atoms with E-state index >= 15 is 0 Å². The molecular formula is C21H30O5. The minimum atomic E-state index is -1.39. The predicted octanol–water partition coefficient (Wildman–Crippen LogP) is 2.86. The molecule has 0 aromatic carbocycles. The van der Waals surface area contributed by atoms with Crippen molar-refractivity contribution < 1.29 is 24.2 Å².